The Bertz CT molecular complexity index is 791. The van der Waals surface area contributed by atoms with Gasteiger partial charge >= 0.3 is 0 Å². The van der Waals surface area contributed by atoms with Gasteiger partial charge in [0.05, 0.1) is 0 Å². The van der Waals surface area contributed by atoms with E-state index >= 15 is 0 Å². The molecule has 0 heterocycles. The van der Waals surface area contributed by atoms with Crippen LogP contribution in [0.4, 0.5) is 0 Å². The molecular weight excluding hydrogens is 388 g/mol. The van der Waals surface area contributed by atoms with Crippen molar-refractivity contribution in [3.63, 3.8) is 0 Å². The fourth-order valence-electron chi connectivity index (χ4n) is 2.77. The van der Waals surface area contributed by atoms with Gasteiger partial charge in [-0.05, 0) is 50.1 Å². The van der Waals surface area contributed by atoms with Crippen molar-refractivity contribution < 1.29 is 14.3 Å². The molecule has 0 bridgehead atoms. The van der Waals surface area contributed by atoms with Gasteiger partial charge in [-0.15, -0.1) is 0 Å². The molecule has 0 unspecified atom stereocenters. The first-order chi connectivity index (χ1) is 13.9. The number of unbranched alkanes of at least 4 members (excludes halogenated alkanes) is 1. The molecule has 0 aromatic heterocycles. The van der Waals surface area contributed by atoms with Crippen molar-refractivity contribution in [1.29, 1.82) is 0 Å². The van der Waals surface area contributed by atoms with Gasteiger partial charge in [0.2, 0.25) is 5.91 Å². The van der Waals surface area contributed by atoms with Crippen molar-refractivity contribution in [3.05, 3.63) is 64.7 Å². The molecule has 2 amide bonds. The molecule has 1 atom stereocenters. The Balaban J connectivity index is 2.08. The third kappa shape index (κ3) is 7.42. The number of amides is 2. The Kier molecular flexibility index (Phi) is 9.00. The van der Waals surface area contributed by atoms with Gasteiger partial charge in [-0.3, -0.25) is 9.59 Å². The van der Waals surface area contributed by atoms with Crippen molar-refractivity contribution in [2.45, 2.75) is 46.2 Å². The third-order valence-corrected chi connectivity index (χ3v) is 4.90. The third-order valence-electron chi connectivity index (χ3n) is 4.65. The van der Waals surface area contributed by atoms with Gasteiger partial charge in [0, 0.05) is 18.1 Å². The first-order valence-electron chi connectivity index (χ1n) is 9.91. The lowest BCUT2D eigenvalue weighted by Gasteiger charge is -2.28. The zero-order valence-corrected chi connectivity index (χ0v) is 18.0. The molecule has 0 spiro atoms. The molecule has 156 valence electrons. The number of nitrogens with zero attached hydrogens (tertiary/aromatic N) is 1. The van der Waals surface area contributed by atoms with E-state index in [4.69, 9.17) is 16.3 Å². The molecule has 29 heavy (non-hydrogen) atoms. The highest BCUT2D eigenvalue weighted by atomic mass is 35.5. The number of rotatable bonds is 10. The summed E-state index contributed by atoms with van der Waals surface area (Å²) in [4.78, 5) is 27.0. The van der Waals surface area contributed by atoms with Gasteiger partial charge < -0.3 is 15.0 Å². The van der Waals surface area contributed by atoms with Crippen LogP contribution in [0.2, 0.25) is 5.02 Å². The Morgan fingerprint density at radius 3 is 2.38 bits per heavy atom. The molecule has 2 rings (SSSR count). The van der Waals surface area contributed by atoms with Crippen molar-refractivity contribution in [2.75, 3.05) is 13.2 Å². The lowest BCUT2D eigenvalue weighted by molar-refractivity contribution is -0.142. The van der Waals surface area contributed by atoms with E-state index in [1.165, 1.54) is 0 Å². The molecule has 0 saturated carbocycles. The monoisotopic (exact) mass is 416 g/mol. The minimum atomic E-state index is -0.602. The van der Waals surface area contributed by atoms with Crippen LogP contribution in [0.15, 0.2) is 48.5 Å². The molecule has 5 nitrogen and oxygen atoms in total. The van der Waals surface area contributed by atoms with E-state index in [0.717, 1.165) is 24.0 Å². The minimum Gasteiger partial charge on any atom is -0.484 e. The summed E-state index contributed by atoms with van der Waals surface area (Å²) in [6, 6.07) is 14.2. The first kappa shape index (κ1) is 22.8. The lowest BCUT2D eigenvalue weighted by Crippen LogP contribution is -2.49. The van der Waals surface area contributed by atoms with E-state index in [-0.39, 0.29) is 18.4 Å². The summed E-state index contributed by atoms with van der Waals surface area (Å²) in [7, 11) is 0. The van der Waals surface area contributed by atoms with Crippen molar-refractivity contribution in [2.24, 2.45) is 0 Å². The number of carbonyl (C=O) groups excluding carboxylic acids is 2. The summed E-state index contributed by atoms with van der Waals surface area (Å²) in [5.41, 5.74) is 2.10. The number of hydrogen-bond acceptors (Lipinski definition) is 3. The number of aryl methyl sites for hydroxylation is 1. The van der Waals surface area contributed by atoms with Crippen molar-refractivity contribution in [3.8, 4) is 5.75 Å². The number of ether oxygens (including phenoxy) is 1. The topological polar surface area (TPSA) is 58.6 Å². The summed E-state index contributed by atoms with van der Waals surface area (Å²) in [5.74, 6) is 0.141. The summed E-state index contributed by atoms with van der Waals surface area (Å²) in [6.45, 7) is 6.61. The van der Waals surface area contributed by atoms with E-state index in [9.17, 15) is 9.59 Å². The van der Waals surface area contributed by atoms with E-state index in [0.29, 0.717) is 23.9 Å². The van der Waals surface area contributed by atoms with Crippen LogP contribution in [0.25, 0.3) is 0 Å². The molecule has 2 aromatic rings. The normalized spacial score (nSPS) is 11.6. The highest BCUT2D eigenvalue weighted by Gasteiger charge is 2.26. The average Bonchev–Trinajstić information content (AvgIpc) is 2.72. The maximum absolute atomic E-state index is 12.9. The summed E-state index contributed by atoms with van der Waals surface area (Å²) < 4.78 is 5.61. The van der Waals surface area contributed by atoms with Crippen molar-refractivity contribution in [1.82, 2.24) is 10.2 Å². The second-order valence-electron chi connectivity index (χ2n) is 7.07. The highest BCUT2D eigenvalue weighted by molar-refractivity contribution is 6.30. The van der Waals surface area contributed by atoms with Crippen LogP contribution >= 0.6 is 11.6 Å². The molecule has 6 heteroatoms. The van der Waals surface area contributed by atoms with Gasteiger partial charge in [-0.25, -0.2) is 0 Å². The Labute approximate surface area is 178 Å². The molecule has 0 aliphatic heterocycles. The molecule has 0 saturated heterocycles. The van der Waals surface area contributed by atoms with Crippen LogP contribution in [-0.2, 0) is 16.1 Å². The molecule has 0 radical (unpaired) electrons. The van der Waals surface area contributed by atoms with Crippen LogP contribution in [0, 0.1) is 6.92 Å². The maximum Gasteiger partial charge on any atom is 0.261 e. The largest absolute Gasteiger partial charge is 0.484 e. The van der Waals surface area contributed by atoms with E-state index < -0.39 is 6.04 Å². The van der Waals surface area contributed by atoms with E-state index in [1.807, 2.05) is 31.2 Å². The maximum atomic E-state index is 12.9. The summed E-state index contributed by atoms with van der Waals surface area (Å²) in [5, 5.41) is 3.50. The van der Waals surface area contributed by atoms with E-state index in [1.54, 1.807) is 36.1 Å². The molecular formula is C23H29ClN2O3. The molecule has 1 N–H and O–H groups in total. The fourth-order valence-corrected chi connectivity index (χ4v) is 2.89. The van der Waals surface area contributed by atoms with Crippen LogP contribution in [0.3, 0.4) is 0 Å². The predicted octanol–water partition coefficient (Wildman–Crippen LogP) is 4.36. The molecule has 0 fully saturated rings. The predicted molar refractivity (Wildman–Crippen MR) is 116 cm³/mol. The van der Waals surface area contributed by atoms with Crippen LogP contribution in [-0.4, -0.2) is 35.9 Å². The SMILES string of the molecule is CCCCNC(=O)[C@H](C)N(Cc1ccc(C)cc1)C(=O)COc1ccc(Cl)cc1. The zero-order chi connectivity index (χ0) is 21.2. The number of carbonyl (C=O) groups is 2. The Hall–Kier alpha value is -2.53. The van der Waals surface area contributed by atoms with Crippen LogP contribution < -0.4 is 10.1 Å². The minimum absolute atomic E-state index is 0.153. The van der Waals surface area contributed by atoms with Gasteiger partial charge in [0.25, 0.3) is 5.91 Å². The smallest absolute Gasteiger partial charge is 0.261 e. The lowest BCUT2D eigenvalue weighted by atomic mass is 10.1. The second kappa shape index (κ2) is 11.5. The molecule has 0 aliphatic rings. The fraction of sp³-hybridized carbons (Fsp3) is 0.391. The number of nitrogens with one attached hydrogen (secondary N) is 1. The summed E-state index contributed by atoms with van der Waals surface area (Å²) in [6.07, 6.45) is 1.90. The average molecular weight is 417 g/mol. The van der Waals surface area contributed by atoms with Crippen LogP contribution in [0.5, 0.6) is 5.75 Å². The van der Waals surface area contributed by atoms with Crippen molar-refractivity contribution >= 4 is 23.4 Å². The number of hydrogen-bond donors (Lipinski definition) is 1. The quantitative estimate of drug-likeness (QED) is 0.585. The molecule has 0 aliphatic carbocycles. The Morgan fingerprint density at radius 1 is 1.10 bits per heavy atom. The second-order valence-corrected chi connectivity index (χ2v) is 7.51. The van der Waals surface area contributed by atoms with Crippen LogP contribution in [0.1, 0.15) is 37.8 Å². The van der Waals surface area contributed by atoms with Gasteiger partial charge in [-0.2, -0.15) is 0 Å². The number of benzene rings is 2. The number of halogens is 1. The summed E-state index contributed by atoms with van der Waals surface area (Å²) >= 11 is 5.88. The van der Waals surface area contributed by atoms with Gasteiger partial charge in [0.1, 0.15) is 11.8 Å². The van der Waals surface area contributed by atoms with Gasteiger partial charge in [0.15, 0.2) is 6.61 Å². The standard InChI is InChI=1S/C23H29ClN2O3/c1-4-5-14-25-23(28)18(3)26(15-19-8-6-17(2)7-9-19)22(27)16-29-21-12-10-20(24)11-13-21/h6-13,18H,4-5,14-16H2,1-3H3,(H,25,28)/t18-/m0/s1. The zero-order valence-electron chi connectivity index (χ0n) is 17.3. The van der Waals surface area contributed by atoms with Gasteiger partial charge in [-0.1, -0.05) is 54.8 Å². The highest BCUT2D eigenvalue weighted by Crippen LogP contribution is 2.16. The first-order valence-corrected chi connectivity index (χ1v) is 10.3. The Morgan fingerprint density at radius 2 is 1.76 bits per heavy atom. The van der Waals surface area contributed by atoms with E-state index in [2.05, 4.69) is 12.2 Å². The molecule has 2 aromatic carbocycles.